The van der Waals surface area contributed by atoms with Gasteiger partial charge in [-0.2, -0.15) is 0 Å². The molecule has 1 amide bonds. The number of halogens is 1. The van der Waals surface area contributed by atoms with E-state index in [4.69, 9.17) is 21.1 Å². The van der Waals surface area contributed by atoms with Crippen molar-refractivity contribution in [2.75, 3.05) is 52.5 Å². The summed E-state index contributed by atoms with van der Waals surface area (Å²) in [7, 11) is 0. The Labute approximate surface area is 179 Å². The summed E-state index contributed by atoms with van der Waals surface area (Å²) in [6.07, 6.45) is 5.44. The fraction of sp³-hybridized carbons (Fsp3) is 0.696. The van der Waals surface area contributed by atoms with Gasteiger partial charge in [0.25, 0.3) is 0 Å². The van der Waals surface area contributed by atoms with Crippen LogP contribution in [-0.4, -0.2) is 68.3 Å². The molecule has 1 unspecified atom stereocenters. The number of nitrogens with zero attached hydrogens (tertiary/aromatic N) is 2. The number of hydrogen-bond donors (Lipinski definition) is 0. The molecular formula is C23H33ClN2O3. The second-order valence-corrected chi connectivity index (χ2v) is 9.56. The van der Waals surface area contributed by atoms with Crippen LogP contribution in [0.1, 0.15) is 37.7 Å². The van der Waals surface area contributed by atoms with Crippen LogP contribution in [0.2, 0.25) is 5.02 Å². The Morgan fingerprint density at radius 1 is 1.28 bits per heavy atom. The zero-order valence-corrected chi connectivity index (χ0v) is 18.3. The first kappa shape index (κ1) is 21.0. The molecular weight excluding hydrogens is 388 g/mol. The number of carbonyl (C=O) groups is 1. The second kappa shape index (κ2) is 9.23. The number of morpholine rings is 1. The van der Waals surface area contributed by atoms with Crippen LogP contribution < -0.4 is 4.74 Å². The molecule has 1 aromatic carbocycles. The van der Waals surface area contributed by atoms with Crippen molar-refractivity contribution in [2.45, 2.75) is 39.0 Å². The third kappa shape index (κ3) is 5.65. The highest BCUT2D eigenvalue weighted by atomic mass is 35.5. The van der Waals surface area contributed by atoms with Gasteiger partial charge in [0.05, 0.1) is 19.8 Å². The zero-order chi connectivity index (χ0) is 20.3. The molecule has 0 aromatic heterocycles. The average Bonchev–Trinajstić information content (AvgIpc) is 3.54. The maximum absolute atomic E-state index is 13.1. The molecule has 0 radical (unpaired) electrons. The first-order valence-electron chi connectivity index (χ1n) is 11.0. The van der Waals surface area contributed by atoms with E-state index in [0.717, 1.165) is 48.2 Å². The lowest BCUT2D eigenvalue weighted by Crippen LogP contribution is -2.50. The number of rotatable bonds is 7. The summed E-state index contributed by atoms with van der Waals surface area (Å²) in [4.78, 5) is 17.6. The minimum Gasteiger partial charge on any atom is -0.493 e. The highest BCUT2D eigenvalue weighted by molar-refractivity contribution is 6.31. The molecule has 2 heterocycles. The maximum atomic E-state index is 13.1. The van der Waals surface area contributed by atoms with Crippen molar-refractivity contribution in [3.8, 4) is 5.75 Å². The van der Waals surface area contributed by atoms with Gasteiger partial charge in [0.15, 0.2) is 0 Å². The van der Waals surface area contributed by atoms with Crippen LogP contribution in [0.4, 0.5) is 0 Å². The number of hydrogen-bond acceptors (Lipinski definition) is 4. The van der Waals surface area contributed by atoms with Gasteiger partial charge in [-0.3, -0.25) is 4.79 Å². The lowest BCUT2D eigenvalue weighted by Gasteiger charge is -2.43. The van der Waals surface area contributed by atoms with E-state index in [9.17, 15) is 4.79 Å². The van der Waals surface area contributed by atoms with Crippen molar-refractivity contribution < 1.29 is 14.3 Å². The number of benzene rings is 1. The molecule has 1 aromatic rings. The van der Waals surface area contributed by atoms with Gasteiger partial charge in [0, 0.05) is 43.0 Å². The molecule has 29 heavy (non-hydrogen) atoms. The van der Waals surface area contributed by atoms with Crippen LogP contribution in [-0.2, 0) is 9.53 Å². The molecule has 2 saturated heterocycles. The average molecular weight is 421 g/mol. The largest absolute Gasteiger partial charge is 0.493 e. The van der Waals surface area contributed by atoms with Crippen molar-refractivity contribution in [1.82, 2.24) is 9.80 Å². The number of likely N-dealkylation sites (tertiary alicyclic amines) is 1. The molecule has 5 nitrogen and oxygen atoms in total. The Bertz CT molecular complexity index is 718. The molecule has 1 aliphatic carbocycles. The number of amides is 1. The topological polar surface area (TPSA) is 42.0 Å². The fourth-order valence-electron chi connectivity index (χ4n) is 4.63. The van der Waals surface area contributed by atoms with Crippen molar-refractivity contribution in [2.24, 2.45) is 11.3 Å². The predicted molar refractivity (Wildman–Crippen MR) is 115 cm³/mol. The Balaban J connectivity index is 1.45. The lowest BCUT2D eigenvalue weighted by molar-refractivity contribution is -0.139. The van der Waals surface area contributed by atoms with E-state index in [1.54, 1.807) is 0 Å². The second-order valence-electron chi connectivity index (χ2n) is 9.15. The Morgan fingerprint density at radius 2 is 2.07 bits per heavy atom. The van der Waals surface area contributed by atoms with Crippen molar-refractivity contribution >= 4 is 17.5 Å². The summed E-state index contributed by atoms with van der Waals surface area (Å²) in [5.74, 6) is 1.95. The van der Waals surface area contributed by atoms with E-state index in [1.165, 1.54) is 19.4 Å². The van der Waals surface area contributed by atoms with E-state index in [0.29, 0.717) is 39.3 Å². The van der Waals surface area contributed by atoms with E-state index in [-0.39, 0.29) is 11.3 Å². The van der Waals surface area contributed by atoms with Crippen molar-refractivity contribution in [3.05, 3.63) is 28.8 Å². The molecule has 1 atom stereocenters. The van der Waals surface area contributed by atoms with Gasteiger partial charge in [-0.15, -0.1) is 0 Å². The summed E-state index contributed by atoms with van der Waals surface area (Å²) in [5, 5.41) is 0.753. The van der Waals surface area contributed by atoms with E-state index < -0.39 is 0 Å². The molecule has 3 fully saturated rings. The summed E-state index contributed by atoms with van der Waals surface area (Å²) in [6, 6.07) is 5.81. The standard InChI is InChI=1S/C23H33ClN2O3/c1-18-13-20(5-6-21(18)24)29-17-23(14-22(27)26-9-11-28-12-10-26)7-2-8-25(16-23)15-19-3-4-19/h5-6,13,19H,2-4,7-12,14-17H2,1H3. The summed E-state index contributed by atoms with van der Waals surface area (Å²) in [6.45, 7) is 8.54. The quantitative estimate of drug-likeness (QED) is 0.673. The SMILES string of the molecule is Cc1cc(OCC2(CC(=O)N3CCOCC3)CCCN(CC3CC3)C2)ccc1Cl. The molecule has 1 saturated carbocycles. The van der Waals surface area contributed by atoms with Gasteiger partial charge in [-0.25, -0.2) is 0 Å². The maximum Gasteiger partial charge on any atom is 0.223 e. The monoisotopic (exact) mass is 420 g/mol. The van der Waals surface area contributed by atoms with Crippen LogP contribution in [0, 0.1) is 18.3 Å². The van der Waals surface area contributed by atoms with Gasteiger partial charge in [-0.05, 0) is 68.8 Å². The van der Waals surface area contributed by atoms with Gasteiger partial charge >= 0.3 is 0 Å². The molecule has 2 aliphatic heterocycles. The molecule has 3 aliphatic rings. The van der Waals surface area contributed by atoms with E-state index >= 15 is 0 Å². The normalized spacial score (nSPS) is 25.8. The number of carbonyl (C=O) groups excluding carboxylic acids is 1. The summed E-state index contributed by atoms with van der Waals surface area (Å²) in [5.41, 5.74) is 0.886. The van der Waals surface area contributed by atoms with Crippen molar-refractivity contribution in [1.29, 1.82) is 0 Å². The number of ether oxygens (including phenoxy) is 2. The minimum atomic E-state index is -0.129. The van der Waals surface area contributed by atoms with Gasteiger partial charge in [-0.1, -0.05) is 11.6 Å². The Hall–Kier alpha value is -1.30. The number of aryl methyl sites for hydroxylation is 1. The molecule has 4 rings (SSSR count). The van der Waals surface area contributed by atoms with Crippen LogP contribution in [0.3, 0.4) is 0 Å². The van der Waals surface area contributed by atoms with Gasteiger partial charge in [0.1, 0.15) is 5.75 Å². The van der Waals surface area contributed by atoms with Gasteiger partial charge < -0.3 is 19.3 Å². The van der Waals surface area contributed by atoms with Crippen LogP contribution >= 0.6 is 11.6 Å². The Kier molecular flexibility index (Phi) is 6.67. The molecule has 6 heteroatoms. The molecule has 0 N–H and O–H groups in total. The Morgan fingerprint density at radius 3 is 2.79 bits per heavy atom. The van der Waals surface area contributed by atoms with Crippen LogP contribution in [0.15, 0.2) is 18.2 Å². The van der Waals surface area contributed by atoms with Gasteiger partial charge in [0.2, 0.25) is 5.91 Å². The highest BCUT2D eigenvalue weighted by Gasteiger charge is 2.40. The summed E-state index contributed by atoms with van der Waals surface area (Å²) >= 11 is 6.16. The highest BCUT2D eigenvalue weighted by Crippen LogP contribution is 2.38. The predicted octanol–water partition coefficient (Wildman–Crippen LogP) is 3.77. The number of piperidine rings is 1. The third-order valence-corrected chi connectivity index (χ3v) is 6.94. The first-order chi connectivity index (χ1) is 14.0. The zero-order valence-electron chi connectivity index (χ0n) is 17.5. The lowest BCUT2D eigenvalue weighted by atomic mass is 9.77. The van der Waals surface area contributed by atoms with Crippen LogP contribution in [0.25, 0.3) is 0 Å². The summed E-state index contributed by atoms with van der Waals surface area (Å²) < 4.78 is 11.7. The molecule has 160 valence electrons. The smallest absolute Gasteiger partial charge is 0.223 e. The van der Waals surface area contributed by atoms with E-state index in [1.807, 2.05) is 30.0 Å². The van der Waals surface area contributed by atoms with E-state index in [2.05, 4.69) is 4.90 Å². The van der Waals surface area contributed by atoms with Crippen molar-refractivity contribution in [3.63, 3.8) is 0 Å². The minimum absolute atomic E-state index is 0.129. The molecule has 0 spiro atoms. The third-order valence-electron chi connectivity index (χ3n) is 6.52. The molecule has 0 bridgehead atoms. The van der Waals surface area contributed by atoms with Crippen LogP contribution in [0.5, 0.6) is 5.75 Å². The fourth-order valence-corrected chi connectivity index (χ4v) is 4.75. The first-order valence-corrected chi connectivity index (χ1v) is 11.4.